The molecule has 0 spiro atoms. The smallest absolute Gasteiger partial charge is 0.309 e. The number of imidazole rings is 1. The fraction of sp³-hybridized carbons (Fsp3) is 0.529. The van der Waals surface area contributed by atoms with Gasteiger partial charge in [0.1, 0.15) is 5.65 Å². The number of fused-ring (bicyclic) bond motifs is 1. The predicted molar refractivity (Wildman–Crippen MR) is 87.1 cm³/mol. The molecule has 0 bridgehead atoms. The highest BCUT2D eigenvalue weighted by Gasteiger charge is 2.17. The Balaban J connectivity index is 2.37. The van der Waals surface area contributed by atoms with Gasteiger partial charge in [-0.05, 0) is 44.1 Å². The first-order valence-electron chi connectivity index (χ1n) is 7.95. The van der Waals surface area contributed by atoms with Gasteiger partial charge < -0.3 is 9.51 Å². The Morgan fingerprint density at radius 3 is 2.82 bits per heavy atom. The normalized spacial score (nSPS) is 11.5. The van der Waals surface area contributed by atoms with Crippen molar-refractivity contribution in [2.45, 2.75) is 46.6 Å². The van der Waals surface area contributed by atoms with Gasteiger partial charge in [0.25, 0.3) is 0 Å². The Hall–Kier alpha value is -1.88. The van der Waals surface area contributed by atoms with Crippen LogP contribution in [0.5, 0.6) is 0 Å². The number of aliphatic carboxylic acids is 1. The lowest BCUT2D eigenvalue weighted by atomic mass is 10.2. The van der Waals surface area contributed by atoms with Crippen LogP contribution in [0, 0.1) is 6.92 Å². The van der Waals surface area contributed by atoms with Crippen molar-refractivity contribution in [2.24, 2.45) is 0 Å². The third-order valence-electron chi connectivity index (χ3n) is 3.93. The van der Waals surface area contributed by atoms with Gasteiger partial charge >= 0.3 is 5.97 Å². The average molecular weight is 303 g/mol. The second-order valence-corrected chi connectivity index (χ2v) is 5.73. The second kappa shape index (κ2) is 7.40. The van der Waals surface area contributed by atoms with Crippen LogP contribution < -0.4 is 0 Å². The van der Waals surface area contributed by atoms with E-state index in [2.05, 4.69) is 23.7 Å². The Labute approximate surface area is 131 Å². The van der Waals surface area contributed by atoms with E-state index in [9.17, 15) is 4.79 Å². The van der Waals surface area contributed by atoms with Gasteiger partial charge in [-0.15, -0.1) is 0 Å². The van der Waals surface area contributed by atoms with E-state index >= 15 is 0 Å². The first-order chi connectivity index (χ1) is 10.5. The third-order valence-corrected chi connectivity index (χ3v) is 3.93. The number of carbonyl (C=O) groups is 1. The maximum atomic E-state index is 11.1. The summed E-state index contributed by atoms with van der Waals surface area (Å²) in [5.74, 6) is -0.835. The quantitative estimate of drug-likeness (QED) is 0.814. The van der Waals surface area contributed by atoms with Crippen molar-refractivity contribution in [1.29, 1.82) is 0 Å². The van der Waals surface area contributed by atoms with E-state index in [4.69, 9.17) is 5.11 Å². The molecule has 0 aliphatic carbocycles. The Morgan fingerprint density at radius 2 is 2.18 bits per heavy atom. The van der Waals surface area contributed by atoms with Gasteiger partial charge in [0, 0.05) is 12.7 Å². The number of pyridine rings is 1. The van der Waals surface area contributed by atoms with E-state index in [1.165, 1.54) is 0 Å². The van der Waals surface area contributed by atoms with E-state index in [-0.39, 0.29) is 6.42 Å². The van der Waals surface area contributed by atoms with Crippen LogP contribution in [0.15, 0.2) is 18.3 Å². The summed E-state index contributed by atoms with van der Waals surface area (Å²) in [5, 5.41) is 9.14. The van der Waals surface area contributed by atoms with Crippen LogP contribution in [-0.4, -0.2) is 38.4 Å². The molecule has 2 heterocycles. The molecular weight excluding hydrogens is 278 g/mol. The number of carboxylic acids is 1. The maximum Gasteiger partial charge on any atom is 0.309 e. The molecule has 0 aliphatic rings. The van der Waals surface area contributed by atoms with Crippen LogP contribution in [0.2, 0.25) is 0 Å². The molecule has 120 valence electrons. The number of carboxylic acid groups (broad SMARTS) is 1. The minimum atomic E-state index is -0.835. The van der Waals surface area contributed by atoms with Gasteiger partial charge in [0.05, 0.1) is 17.8 Å². The number of hydrogen-bond acceptors (Lipinski definition) is 3. The number of hydrogen-bond donors (Lipinski definition) is 1. The van der Waals surface area contributed by atoms with Crippen molar-refractivity contribution in [3.05, 3.63) is 35.3 Å². The van der Waals surface area contributed by atoms with Crippen molar-refractivity contribution < 1.29 is 9.90 Å². The fourth-order valence-electron chi connectivity index (χ4n) is 2.64. The van der Waals surface area contributed by atoms with Crippen LogP contribution in [-0.2, 0) is 17.8 Å². The molecular formula is C17H25N3O2. The standard InChI is InChI=1S/C17H25N3O2/c1-4-6-8-19(5-2)12-15-14(11-17(21)22)18-16-10-13(3)7-9-20(15)16/h7,9-10H,4-6,8,11-12H2,1-3H3,(H,21,22). The van der Waals surface area contributed by atoms with Crippen molar-refractivity contribution in [3.8, 4) is 0 Å². The summed E-state index contributed by atoms with van der Waals surface area (Å²) >= 11 is 0. The molecule has 0 amide bonds. The van der Waals surface area contributed by atoms with Crippen molar-refractivity contribution in [3.63, 3.8) is 0 Å². The van der Waals surface area contributed by atoms with Gasteiger partial charge in [0.2, 0.25) is 0 Å². The number of nitrogens with zero attached hydrogens (tertiary/aromatic N) is 3. The summed E-state index contributed by atoms with van der Waals surface area (Å²) in [6, 6.07) is 4.03. The van der Waals surface area contributed by atoms with Crippen LogP contribution in [0.25, 0.3) is 5.65 Å². The van der Waals surface area contributed by atoms with Crippen molar-refractivity contribution >= 4 is 11.6 Å². The SMILES string of the molecule is CCCCN(CC)Cc1c(CC(=O)O)nc2cc(C)ccn12. The first kappa shape index (κ1) is 16.5. The number of aryl methyl sites for hydroxylation is 1. The molecule has 0 radical (unpaired) electrons. The highest BCUT2D eigenvalue weighted by molar-refractivity contribution is 5.70. The molecule has 2 aromatic heterocycles. The Morgan fingerprint density at radius 1 is 1.41 bits per heavy atom. The van der Waals surface area contributed by atoms with Gasteiger partial charge in [-0.3, -0.25) is 9.69 Å². The molecule has 0 saturated carbocycles. The van der Waals surface area contributed by atoms with Gasteiger partial charge in [-0.1, -0.05) is 20.3 Å². The molecule has 5 heteroatoms. The third kappa shape index (κ3) is 3.85. The van der Waals surface area contributed by atoms with E-state index in [0.717, 1.165) is 49.4 Å². The lowest BCUT2D eigenvalue weighted by Gasteiger charge is -2.20. The minimum Gasteiger partial charge on any atom is -0.481 e. The molecule has 0 unspecified atom stereocenters. The largest absolute Gasteiger partial charge is 0.481 e. The number of aromatic nitrogens is 2. The monoisotopic (exact) mass is 303 g/mol. The summed E-state index contributed by atoms with van der Waals surface area (Å²) in [4.78, 5) is 18.0. The Kier molecular flexibility index (Phi) is 5.55. The van der Waals surface area contributed by atoms with Crippen LogP contribution in [0.3, 0.4) is 0 Å². The van der Waals surface area contributed by atoms with Crippen molar-refractivity contribution in [2.75, 3.05) is 13.1 Å². The highest BCUT2D eigenvalue weighted by Crippen LogP contribution is 2.17. The summed E-state index contributed by atoms with van der Waals surface area (Å²) in [6.07, 6.45) is 4.27. The molecule has 2 aromatic rings. The molecule has 0 atom stereocenters. The summed E-state index contributed by atoms with van der Waals surface area (Å²) in [6.45, 7) is 9.05. The van der Waals surface area contributed by atoms with Gasteiger partial charge in [-0.2, -0.15) is 0 Å². The van der Waals surface area contributed by atoms with Gasteiger partial charge in [-0.25, -0.2) is 4.98 Å². The lowest BCUT2D eigenvalue weighted by molar-refractivity contribution is -0.136. The van der Waals surface area contributed by atoms with Crippen LogP contribution >= 0.6 is 0 Å². The zero-order valence-corrected chi connectivity index (χ0v) is 13.7. The molecule has 0 aliphatic heterocycles. The first-order valence-corrected chi connectivity index (χ1v) is 7.95. The number of unbranched alkanes of at least 4 members (excludes halogenated alkanes) is 1. The van der Waals surface area contributed by atoms with E-state index < -0.39 is 5.97 Å². The average Bonchev–Trinajstić information content (AvgIpc) is 2.79. The zero-order chi connectivity index (χ0) is 16.1. The van der Waals surface area contributed by atoms with E-state index in [1.54, 1.807) is 0 Å². The molecule has 0 fully saturated rings. The maximum absolute atomic E-state index is 11.1. The Bertz CT molecular complexity index is 649. The summed E-state index contributed by atoms with van der Waals surface area (Å²) in [5.41, 5.74) is 3.63. The molecule has 22 heavy (non-hydrogen) atoms. The van der Waals surface area contributed by atoms with E-state index in [1.807, 2.05) is 29.7 Å². The molecule has 1 N–H and O–H groups in total. The summed E-state index contributed by atoms with van der Waals surface area (Å²) < 4.78 is 2.03. The van der Waals surface area contributed by atoms with Crippen LogP contribution in [0.1, 0.15) is 43.6 Å². The summed E-state index contributed by atoms with van der Waals surface area (Å²) in [7, 11) is 0. The topological polar surface area (TPSA) is 57.8 Å². The fourth-order valence-corrected chi connectivity index (χ4v) is 2.64. The molecule has 0 saturated heterocycles. The molecule has 0 aromatic carbocycles. The van der Waals surface area contributed by atoms with Crippen LogP contribution in [0.4, 0.5) is 0 Å². The molecule has 5 nitrogen and oxygen atoms in total. The van der Waals surface area contributed by atoms with E-state index in [0.29, 0.717) is 5.69 Å². The predicted octanol–water partition coefficient (Wildman–Crippen LogP) is 2.89. The van der Waals surface area contributed by atoms with Crippen molar-refractivity contribution in [1.82, 2.24) is 14.3 Å². The lowest BCUT2D eigenvalue weighted by Crippen LogP contribution is -2.25. The molecule has 2 rings (SSSR count). The highest BCUT2D eigenvalue weighted by atomic mass is 16.4. The van der Waals surface area contributed by atoms with Gasteiger partial charge in [0.15, 0.2) is 0 Å². The number of rotatable bonds is 8. The minimum absolute atomic E-state index is 0.0264. The second-order valence-electron chi connectivity index (χ2n) is 5.73. The zero-order valence-electron chi connectivity index (χ0n) is 13.7.